The van der Waals surface area contributed by atoms with E-state index in [9.17, 15) is 9.90 Å². The zero-order valence-electron chi connectivity index (χ0n) is 11.4. The molecule has 0 unspecified atom stereocenters. The van der Waals surface area contributed by atoms with Gasteiger partial charge in [0.05, 0.1) is 6.61 Å². The van der Waals surface area contributed by atoms with E-state index in [4.69, 9.17) is 4.52 Å². The van der Waals surface area contributed by atoms with E-state index in [1.54, 1.807) is 6.07 Å². The molecule has 1 aromatic rings. The van der Waals surface area contributed by atoms with Crippen LogP contribution in [0.5, 0.6) is 0 Å². The smallest absolute Gasteiger partial charge is 0.273 e. The molecule has 6 nitrogen and oxygen atoms in total. The molecule has 1 aliphatic rings. The van der Waals surface area contributed by atoms with Crippen LogP contribution >= 0.6 is 0 Å². The molecule has 0 aliphatic carbocycles. The fourth-order valence-electron chi connectivity index (χ4n) is 2.44. The third-order valence-electron chi connectivity index (χ3n) is 3.52. The van der Waals surface area contributed by atoms with Crippen LogP contribution in [0.25, 0.3) is 0 Å². The lowest BCUT2D eigenvalue weighted by Crippen LogP contribution is -2.36. The van der Waals surface area contributed by atoms with Crippen molar-refractivity contribution in [2.45, 2.75) is 38.3 Å². The minimum Gasteiger partial charge on any atom is -0.395 e. The van der Waals surface area contributed by atoms with Crippen molar-refractivity contribution in [2.75, 3.05) is 20.2 Å². The lowest BCUT2D eigenvalue weighted by atomic mass is 10.1. The molecule has 1 aliphatic heterocycles. The summed E-state index contributed by atoms with van der Waals surface area (Å²) in [5.74, 6) is 0.535. The van der Waals surface area contributed by atoms with Crippen LogP contribution < -0.4 is 5.32 Å². The van der Waals surface area contributed by atoms with Crippen LogP contribution in [-0.2, 0) is 6.42 Å². The average molecular weight is 267 g/mol. The summed E-state index contributed by atoms with van der Waals surface area (Å²) < 4.78 is 5.09. The summed E-state index contributed by atoms with van der Waals surface area (Å²) in [7, 11) is 1.95. The van der Waals surface area contributed by atoms with Crippen LogP contribution in [0.15, 0.2) is 10.6 Å². The van der Waals surface area contributed by atoms with Crippen LogP contribution in [0, 0.1) is 0 Å². The Labute approximate surface area is 112 Å². The molecule has 0 aromatic carbocycles. The number of likely N-dealkylation sites (tertiary alicyclic amines) is 1. The Kier molecular flexibility index (Phi) is 4.55. The third-order valence-corrected chi connectivity index (χ3v) is 3.52. The number of aliphatic hydroxyl groups is 1. The fourth-order valence-corrected chi connectivity index (χ4v) is 2.44. The van der Waals surface area contributed by atoms with Gasteiger partial charge in [-0.3, -0.25) is 9.69 Å². The second-order valence-corrected chi connectivity index (χ2v) is 5.11. The van der Waals surface area contributed by atoms with Gasteiger partial charge in [-0.15, -0.1) is 0 Å². The standard InChI is InChI=1S/C13H21N3O3/c1-3-4-11-6-12(15-19-11)13(18)14-9-5-10(8-17)16(2)7-9/h6,9-10,17H,3-5,7-8H2,1-2H3,(H,14,18)/t9-,10+/m1/s1. The van der Waals surface area contributed by atoms with Crippen molar-refractivity contribution in [3.8, 4) is 0 Å². The number of nitrogens with zero attached hydrogens (tertiary/aromatic N) is 2. The maximum Gasteiger partial charge on any atom is 0.273 e. The number of amides is 1. The second kappa shape index (κ2) is 6.16. The van der Waals surface area contributed by atoms with E-state index in [1.807, 2.05) is 14.0 Å². The van der Waals surface area contributed by atoms with Crippen LogP contribution in [0.2, 0.25) is 0 Å². The van der Waals surface area contributed by atoms with Crippen molar-refractivity contribution in [2.24, 2.45) is 0 Å². The third kappa shape index (κ3) is 3.33. The lowest BCUT2D eigenvalue weighted by Gasteiger charge is -2.14. The molecule has 2 heterocycles. The summed E-state index contributed by atoms with van der Waals surface area (Å²) in [6.07, 6.45) is 2.51. The molecule has 1 saturated heterocycles. The summed E-state index contributed by atoms with van der Waals surface area (Å²) in [5, 5.41) is 15.9. The zero-order valence-corrected chi connectivity index (χ0v) is 11.4. The number of carbonyl (C=O) groups is 1. The molecule has 19 heavy (non-hydrogen) atoms. The highest BCUT2D eigenvalue weighted by molar-refractivity contribution is 5.92. The van der Waals surface area contributed by atoms with Crippen molar-refractivity contribution >= 4 is 5.91 Å². The fraction of sp³-hybridized carbons (Fsp3) is 0.692. The van der Waals surface area contributed by atoms with Crippen molar-refractivity contribution < 1.29 is 14.4 Å². The van der Waals surface area contributed by atoms with E-state index in [1.165, 1.54) is 0 Å². The molecule has 106 valence electrons. The SMILES string of the molecule is CCCc1cc(C(=O)N[C@@H]2C[C@@H](CO)N(C)C2)no1. The predicted octanol–water partition coefficient (Wildman–Crippen LogP) is 0.422. The Morgan fingerprint density at radius 1 is 1.68 bits per heavy atom. The molecular formula is C13H21N3O3. The number of nitrogens with one attached hydrogen (secondary N) is 1. The number of hydrogen-bond donors (Lipinski definition) is 2. The number of aryl methyl sites for hydroxylation is 1. The van der Waals surface area contributed by atoms with E-state index in [2.05, 4.69) is 15.4 Å². The Bertz CT molecular complexity index is 433. The summed E-state index contributed by atoms with van der Waals surface area (Å²) in [5.41, 5.74) is 0.332. The highest BCUT2D eigenvalue weighted by Crippen LogP contribution is 2.15. The van der Waals surface area contributed by atoms with Gasteiger partial charge in [0, 0.05) is 31.1 Å². The maximum atomic E-state index is 12.0. The van der Waals surface area contributed by atoms with E-state index < -0.39 is 0 Å². The largest absolute Gasteiger partial charge is 0.395 e. The van der Waals surface area contributed by atoms with Gasteiger partial charge in [-0.25, -0.2) is 0 Å². The molecule has 0 bridgehead atoms. The molecule has 2 atom stereocenters. The Morgan fingerprint density at radius 2 is 2.47 bits per heavy atom. The molecule has 0 radical (unpaired) electrons. The van der Waals surface area contributed by atoms with E-state index in [0.717, 1.165) is 31.6 Å². The number of aliphatic hydroxyl groups excluding tert-OH is 1. The molecule has 6 heteroatoms. The summed E-state index contributed by atoms with van der Waals surface area (Å²) in [6.45, 7) is 2.91. The van der Waals surface area contributed by atoms with Crippen LogP contribution in [0.3, 0.4) is 0 Å². The highest BCUT2D eigenvalue weighted by atomic mass is 16.5. The Balaban J connectivity index is 1.90. The number of hydrogen-bond acceptors (Lipinski definition) is 5. The van der Waals surface area contributed by atoms with E-state index in [0.29, 0.717) is 5.69 Å². The second-order valence-electron chi connectivity index (χ2n) is 5.11. The van der Waals surface area contributed by atoms with Crippen LogP contribution in [-0.4, -0.2) is 53.4 Å². The number of aromatic nitrogens is 1. The molecular weight excluding hydrogens is 246 g/mol. The van der Waals surface area contributed by atoms with Gasteiger partial charge in [0.25, 0.3) is 5.91 Å². The molecule has 1 amide bonds. The van der Waals surface area contributed by atoms with Gasteiger partial charge < -0.3 is 14.9 Å². The van der Waals surface area contributed by atoms with Crippen LogP contribution in [0.1, 0.15) is 36.0 Å². The summed E-state index contributed by atoms with van der Waals surface area (Å²) >= 11 is 0. The van der Waals surface area contributed by atoms with Gasteiger partial charge in [0.1, 0.15) is 5.76 Å². The minimum atomic E-state index is -0.205. The molecule has 0 spiro atoms. The van der Waals surface area contributed by atoms with E-state index >= 15 is 0 Å². The van der Waals surface area contributed by atoms with Gasteiger partial charge in [-0.1, -0.05) is 12.1 Å². The zero-order chi connectivity index (χ0) is 13.8. The monoisotopic (exact) mass is 267 g/mol. The predicted molar refractivity (Wildman–Crippen MR) is 69.9 cm³/mol. The van der Waals surface area contributed by atoms with Crippen LogP contribution in [0.4, 0.5) is 0 Å². The van der Waals surface area contributed by atoms with Gasteiger partial charge >= 0.3 is 0 Å². The first-order valence-corrected chi connectivity index (χ1v) is 6.71. The van der Waals surface area contributed by atoms with Gasteiger partial charge in [-0.2, -0.15) is 0 Å². The summed E-state index contributed by atoms with van der Waals surface area (Å²) in [6, 6.07) is 1.88. The molecule has 2 N–H and O–H groups in total. The van der Waals surface area contributed by atoms with Gasteiger partial charge in [0.2, 0.25) is 0 Å². The van der Waals surface area contributed by atoms with Gasteiger partial charge in [-0.05, 0) is 19.9 Å². The topological polar surface area (TPSA) is 78.6 Å². The highest BCUT2D eigenvalue weighted by Gasteiger charge is 2.30. The van der Waals surface area contributed by atoms with Crippen molar-refractivity contribution in [1.82, 2.24) is 15.4 Å². The normalized spacial score (nSPS) is 23.7. The molecule has 2 rings (SSSR count). The quantitative estimate of drug-likeness (QED) is 0.808. The number of carbonyl (C=O) groups excluding carboxylic acids is 1. The molecule has 0 saturated carbocycles. The average Bonchev–Trinajstić information content (AvgIpc) is 2.96. The first-order chi connectivity index (χ1) is 9.13. The Morgan fingerprint density at radius 3 is 3.11 bits per heavy atom. The molecule has 1 aromatic heterocycles. The Hall–Kier alpha value is -1.40. The maximum absolute atomic E-state index is 12.0. The van der Waals surface area contributed by atoms with Crippen molar-refractivity contribution in [1.29, 1.82) is 0 Å². The van der Waals surface area contributed by atoms with Crippen molar-refractivity contribution in [3.63, 3.8) is 0 Å². The minimum absolute atomic E-state index is 0.0565. The van der Waals surface area contributed by atoms with E-state index in [-0.39, 0.29) is 24.6 Å². The molecule has 1 fully saturated rings. The summed E-state index contributed by atoms with van der Waals surface area (Å²) in [4.78, 5) is 14.1. The first-order valence-electron chi connectivity index (χ1n) is 6.71. The lowest BCUT2D eigenvalue weighted by molar-refractivity contribution is 0.0929. The number of rotatable bonds is 5. The number of likely N-dealkylation sites (N-methyl/N-ethyl adjacent to an activating group) is 1. The van der Waals surface area contributed by atoms with Crippen molar-refractivity contribution in [3.05, 3.63) is 17.5 Å². The first kappa shape index (κ1) is 14.0. The van der Waals surface area contributed by atoms with Gasteiger partial charge in [0.15, 0.2) is 5.69 Å².